The van der Waals surface area contributed by atoms with Crippen molar-refractivity contribution in [3.63, 3.8) is 0 Å². The zero-order valence-electron chi connectivity index (χ0n) is 7.36. The number of benzene rings is 1. The molecule has 1 aromatic carbocycles. The van der Waals surface area contributed by atoms with Crippen LogP contribution in [0.15, 0.2) is 24.8 Å². The first-order valence-electron chi connectivity index (χ1n) is 4.01. The molecule has 0 atom stereocenters. The minimum atomic E-state index is 0.969. The van der Waals surface area contributed by atoms with Crippen LogP contribution >= 0.6 is 0 Å². The molecular weight excluding hydrogens is 223 g/mol. The van der Waals surface area contributed by atoms with Gasteiger partial charge < -0.3 is 0 Å². The molecule has 0 amide bonds. The number of para-hydroxylation sites is 1. The number of fused-ring (bicyclic) bond motifs is 1. The third kappa shape index (κ3) is 1.22. The summed E-state index contributed by atoms with van der Waals surface area (Å²) in [5, 5.41) is 0. The molecule has 13 heavy (non-hydrogen) atoms. The first-order chi connectivity index (χ1) is 6.24. The molecule has 0 aliphatic heterocycles. The van der Waals surface area contributed by atoms with Gasteiger partial charge in [0.1, 0.15) is 0 Å². The molecule has 2 rings (SSSR count). The standard InChI is InChI=1S/C10H9AsN2/c1-3-7-5-4-6-8-9(7)13(2)10(11)12-8/h3-6H,1H2,2H3. The number of nitrogens with zero attached hydrogens (tertiary/aromatic N) is 2. The second kappa shape index (κ2) is 3.04. The Labute approximate surface area is 85.8 Å². The number of aryl methyl sites for hydroxylation is 1. The summed E-state index contributed by atoms with van der Waals surface area (Å²) in [4.78, 5) is 4.41. The summed E-state index contributed by atoms with van der Waals surface area (Å²) in [5.41, 5.74) is 3.30. The summed E-state index contributed by atoms with van der Waals surface area (Å²) in [6, 6.07) is 6.06. The van der Waals surface area contributed by atoms with Crippen molar-refractivity contribution < 1.29 is 0 Å². The van der Waals surface area contributed by atoms with E-state index in [-0.39, 0.29) is 0 Å². The molecule has 1 heterocycles. The summed E-state index contributed by atoms with van der Waals surface area (Å²) >= 11 is 2.47. The maximum atomic E-state index is 4.41. The van der Waals surface area contributed by atoms with Gasteiger partial charge in [-0.2, -0.15) is 0 Å². The Morgan fingerprint density at radius 2 is 2.31 bits per heavy atom. The van der Waals surface area contributed by atoms with Crippen LogP contribution < -0.4 is 4.61 Å². The van der Waals surface area contributed by atoms with E-state index in [0.717, 1.165) is 21.2 Å². The van der Waals surface area contributed by atoms with Crippen LogP contribution in [0.1, 0.15) is 5.56 Å². The van der Waals surface area contributed by atoms with E-state index in [1.807, 2.05) is 31.3 Å². The fourth-order valence-corrected chi connectivity index (χ4v) is 1.89. The molecule has 64 valence electrons. The van der Waals surface area contributed by atoms with Crippen LogP contribution in [-0.2, 0) is 7.05 Å². The van der Waals surface area contributed by atoms with E-state index in [0.29, 0.717) is 0 Å². The van der Waals surface area contributed by atoms with Crippen molar-refractivity contribution in [1.29, 1.82) is 0 Å². The van der Waals surface area contributed by atoms with Crippen molar-refractivity contribution in [2.24, 2.45) is 7.05 Å². The van der Waals surface area contributed by atoms with Crippen LogP contribution in [0.2, 0.25) is 0 Å². The van der Waals surface area contributed by atoms with Gasteiger partial charge in [-0.25, -0.2) is 0 Å². The van der Waals surface area contributed by atoms with Gasteiger partial charge in [0.05, 0.1) is 0 Å². The van der Waals surface area contributed by atoms with Crippen LogP contribution in [0.5, 0.6) is 0 Å². The molecule has 0 N–H and O–H groups in total. The number of rotatable bonds is 1. The monoisotopic (exact) mass is 232 g/mol. The summed E-state index contributed by atoms with van der Waals surface area (Å²) in [6.45, 7) is 3.79. The molecule has 0 saturated heterocycles. The van der Waals surface area contributed by atoms with E-state index in [1.165, 1.54) is 0 Å². The van der Waals surface area contributed by atoms with Crippen molar-refractivity contribution in [2.75, 3.05) is 0 Å². The van der Waals surface area contributed by atoms with Gasteiger partial charge in [-0.15, -0.1) is 0 Å². The first kappa shape index (κ1) is 8.58. The van der Waals surface area contributed by atoms with Gasteiger partial charge in [0.2, 0.25) is 0 Å². The molecule has 0 aliphatic rings. The van der Waals surface area contributed by atoms with Crippen molar-refractivity contribution in [3.8, 4) is 0 Å². The number of hydrogen-bond donors (Lipinski definition) is 0. The van der Waals surface area contributed by atoms with E-state index >= 15 is 0 Å². The van der Waals surface area contributed by atoms with Crippen LogP contribution in [0.25, 0.3) is 17.1 Å². The zero-order chi connectivity index (χ0) is 9.42. The normalized spacial score (nSPS) is 10.6. The molecule has 0 saturated carbocycles. The van der Waals surface area contributed by atoms with Gasteiger partial charge in [-0.3, -0.25) is 0 Å². The van der Waals surface area contributed by atoms with Crippen molar-refractivity contribution >= 4 is 38.6 Å². The van der Waals surface area contributed by atoms with E-state index in [2.05, 4.69) is 33.0 Å². The van der Waals surface area contributed by atoms with Gasteiger partial charge in [-0.05, 0) is 0 Å². The molecule has 2 aromatic rings. The quantitative estimate of drug-likeness (QED) is 0.671. The average Bonchev–Trinajstić information content (AvgIpc) is 2.43. The van der Waals surface area contributed by atoms with Gasteiger partial charge in [-0.1, -0.05) is 0 Å². The Balaban J connectivity index is 2.94. The molecule has 0 fully saturated rings. The van der Waals surface area contributed by atoms with Gasteiger partial charge >= 0.3 is 85.5 Å². The zero-order valence-corrected chi connectivity index (χ0v) is 9.23. The Kier molecular flexibility index (Phi) is 2.01. The van der Waals surface area contributed by atoms with Crippen LogP contribution in [0.3, 0.4) is 0 Å². The third-order valence-corrected chi connectivity index (χ3v) is 2.96. The van der Waals surface area contributed by atoms with Crippen molar-refractivity contribution in [1.82, 2.24) is 9.55 Å². The molecule has 2 nitrogen and oxygen atoms in total. The second-order valence-corrected chi connectivity index (χ2v) is 3.73. The Bertz CT molecular complexity index is 471. The molecule has 0 spiro atoms. The van der Waals surface area contributed by atoms with E-state index in [1.54, 1.807) is 0 Å². The summed E-state index contributed by atoms with van der Waals surface area (Å²) in [5.74, 6) is 0. The molecule has 3 heteroatoms. The van der Waals surface area contributed by atoms with Crippen molar-refractivity contribution in [2.45, 2.75) is 0 Å². The first-order valence-corrected chi connectivity index (χ1v) is 4.94. The molecule has 1 aromatic heterocycles. The van der Waals surface area contributed by atoms with Gasteiger partial charge in [0.25, 0.3) is 0 Å². The number of hydrogen-bond acceptors (Lipinski definition) is 1. The van der Waals surface area contributed by atoms with E-state index < -0.39 is 0 Å². The SMILES string of the molecule is C=Cc1cccc2nc([As])n(C)c12. The van der Waals surface area contributed by atoms with Crippen LogP contribution in [0.4, 0.5) is 0 Å². The molecule has 0 bridgehead atoms. The number of aromatic nitrogens is 2. The van der Waals surface area contributed by atoms with E-state index in [4.69, 9.17) is 0 Å². The van der Waals surface area contributed by atoms with Crippen LogP contribution in [-0.4, -0.2) is 26.4 Å². The number of imidazole rings is 1. The summed E-state index contributed by atoms with van der Waals surface area (Å²) < 4.78 is 3.03. The van der Waals surface area contributed by atoms with Gasteiger partial charge in [0.15, 0.2) is 0 Å². The second-order valence-electron chi connectivity index (χ2n) is 2.89. The molecule has 0 aliphatic carbocycles. The van der Waals surface area contributed by atoms with Crippen molar-refractivity contribution in [3.05, 3.63) is 30.3 Å². The average molecular weight is 232 g/mol. The molecule has 0 unspecified atom stereocenters. The Morgan fingerprint density at radius 1 is 1.54 bits per heavy atom. The predicted octanol–water partition coefficient (Wildman–Crippen LogP) is 1.01. The fraction of sp³-hybridized carbons (Fsp3) is 0.100. The molecular formula is C10H9AsN2. The topological polar surface area (TPSA) is 17.8 Å². The fourth-order valence-electron chi connectivity index (χ4n) is 1.45. The van der Waals surface area contributed by atoms with E-state index in [9.17, 15) is 0 Å². The predicted molar refractivity (Wildman–Crippen MR) is 56.2 cm³/mol. The van der Waals surface area contributed by atoms with Gasteiger partial charge in [0, 0.05) is 0 Å². The van der Waals surface area contributed by atoms with Crippen LogP contribution in [0, 0.1) is 0 Å². The summed E-state index contributed by atoms with van der Waals surface area (Å²) in [6.07, 6.45) is 1.86. The summed E-state index contributed by atoms with van der Waals surface area (Å²) in [7, 11) is 2.01. The minimum absolute atomic E-state index is 0.969. The maximum absolute atomic E-state index is 4.41. The third-order valence-electron chi connectivity index (χ3n) is 2.12. The Hall–Kier alpha value is -1.01. The molecule has 2 radical (unpaired) electrons. The Morgan fingerprint density at radius 3 is 3.00 bits per heavy atom.